The maximum absolute atomic E-state index is 12.8. The van der Waals surface area contributed by atoms with Gasteiger partial charge in [-0.2, -0.15) is 0 Å². The number of pyridine rings is 1. The van der Waals surface area contributed by atoms with Gasteiger partial charge in [-0.3, -0.25) is 14.6 Å². The average Bonchev–Trinajstić information content (AvgIpc) is 2.68. The van der Waals surface area contributed by atoms with Crippen LogP contribution < -0.4 is 5.32 Å². The number of nitrogens with zero attached hydrogens (tertiary/aromatic N) is 2. The molecule has 1 aliphatic heterocycles. The summed E-state index contributed by atoms with van der Waals surface area (Å²) in [5.41, 5.74) is 2.17. The van der Waals surface area contributed by atoms with E-state index in [1.807, 2.05) is 24.8 Å². The Morgan fingerprint density at radius 3 is 2.52 bits per heavy atom. The summed E-state index contributed by atoms with van der Waals surface area (Å²) in [5.74, 6) is 0.336. The van der Waals surface area contributed by atoms with E-state index in [9.17, 15) is 9.59 Å². The Balaban J connectivity index is 1.58. The summed E-state index contributed by atoms with van der Waals surface area (Å²) in [6.07, 6.45) is 4.58. The fourth-order valence-corrected chi connectivity index (χ4v) is 3.48. The fourth-order valence-electron chi connectivity index (χ4n) is 3.48. The van der Waals surface area contributed by atoms with Crippen LogP contribution in [0.2, 0.25) is 0 Å². The number of hydrogen-bond acceptors (Lipinski definition) is 3. The summed E-state index contributed by atoms with van der Waals surface area (Å²) < 4.78 is 0. The van der Waals surface area contributed by atoms with Gasteiger partial charge in [-0.15, -0.1) is 0 Å². The lowest BCUT2D eigenvalue weighted by Gasteiger charge is -2.32. The van der Waals surface area contributed by atoms with Gasteiger partial charge in [0.15, 0.2) is 0 Å². The number of carbonyl (C=O) groups excluding carboxylic acids is 2. The van der Waals surface area contributed by atoms with E-state index in [-0.39, 0.29) is 17.9 Å². The van der Waals surface area contributed by atoms with Gasteiger partial charge in [0.1, 0.15) is 5.69 Å². The van der Waals surface area contributed by atoms with Gasteiger partial charge in [0.25, 0.3) is 11.8 Å². The number of nitrogens with one attached hydrogen (secondary N) is 1. The van der Waals surface area contributed by atoms with Crippen LogP contribution in [0.5, 0.6) is 0 Å². The molecule has 2 aromatic rings. The highest BCUT2D eigenvalue weighted by Crippen LogP contribution is 2.22. The Morgan fingerprint density at radius 2 is 1.85 bits per heavy atom. The Labute approximate surface area is 160 Å². The largest absolute Gasteiger partial charge is 0.350 e. The molecule has 1 N–H and O–H groups in total. The minimum atomic E-state index is -0.178. The van der Waals surface area contributed by atoms with Gasteiger partial charge in [0.05, 0.1) is 0 Å². The van der Waals surface area contributed by atoms with Gasteiger partial charge in [-0.25, -0.2) is 0 Å². The molecule has 1 saturated heterocycles. The first kappa shape index (κ1) is 19.1. The van der Waals surface area contributed by atoms with E-state index >= 15 is 0 Å². The Morgan fingerprint density at radius 1 is 1.15 bits per heavy atom. The third-order valence-corrected chi connectivity index (χ3v) is 4.93. The van der Waals surface area contributed by atoms with Crippen molar-refractivity contribution >= 4 is 11.8 Å². The standard InChI is InChI=1S/C22H27N3O2/c1-16(2)24-21(26)19-8-11-23-20(15-19)22(27)25-12-9-18(10-13-25)14-17-6-4-3-5-7-17/h3-8,11,15-16,18H,9-10,12-14H2,1-2H3,(H,24,26). The van der Waals surface area contributed by atoms with Crippen molar-refractivity contribution in [3.8, 4) is 0 Å². The second-order valence-electron chi connectivity index (χ2n) is 7.48. The van der Waals surface area contributed by atoms with E-state index in [2.05, 4.69) is 34.6 Å². The molecule has 0 aliphatic carbocycles. The molecule has 0 bridgehead atoms. The number of carbonyl (C=O) groups is 2. The van der Waals surface area contributed by atoms with Crippen LogP contribution in [0.15, 0.2) is 48.7 Å². The molecule has 142 valence electrons. The number of aromatic nitrogens is 1. The third-order valence-electron chi connectivity index (χ3n) is 4.93. The molecule has 0 radical (unpaired) electrons. The van der Waals surface area contributed by atoms with E-state index in [0.29, 0.717) is 17.2 Å². The molecule has 1 aromatic carbocycles. The molecule has 3 rings (SSSR count). The van der Waals surface area contributed by atoms with E-state index in [1.54, 1.807) is 12.1 Å². The van der Waals surface area contributed by atoms with E-state index in [1.165, 1.54) is 11.8 Å². The number of benzene rings is 1. The zero-order valence-corrected chi connectivity index (χ0v) is 16.0. The van der Waals surface area contributed by atoms with Crippen LogP contribution in [0.4, 0.5) is 0 Å². The lowest BCUT2D eigenvalue weighted by Crippen LogP contribution is -2.39. The Kier molecular flexibility index (Phi) is 6.22. The molecule has 5 heteroatoms. The van der Waals surface area contributed by atoms with Crippen LogP contribution >= 0.6 is 0 Å². The SMILES string of the molecule is CC(C)NC(=O)c1ccnc(C(=O)N2CCC(Cc3ccccc3)CC2)c1. The summed E-state index contributed by atoms with van der Waals surface area (Å²) >= 11 is 0. The molecule has 5 nitrogen and oxygen atoms in total. The summed E-state index contributed by atoms with van der Waals surface area (Å²) in [7, 11) is 0. The second-order valence-corrected chi connectivity index (χ2v) is 7.48. The minimum Gasteiger partial charge on any atom is -0.350 e. The van der Waals surface area contributed by atoms with Crippen molar-refractivity contribution in [1.82, 2.24) is 15.2 Å². The van der Waals surface area contributed by atoms with Crippen LogP contribution in [0.25, 0.3) is 0 Å². The molecule has 1 aromatic heterocycles. The molecule has 1 aliphatic rings. The van der Waals surface area contributed by atoms with Crippen molar-refractivity contribution in [2.45, 2.75) is 39.2 Å². The number of likely N-dealkylation sites (tertiary alicyclic amines) is 1. The number of piperidine rings is 1. The van der Waals surface area contributed by atoms with E-state index < -0.39 is 0 Å². The van der Waals surface area contributed by atoms with Gasteiger partial charge >= 0.3 is 0 Å². The minimum absolute atomic E-state index is 0.0495. The van der Waals surface area contributed by atoms with Crippen LogP contribution in [-0.4, -0.2) is 40.8 Å². The first-order chi connectivity index (χ1) is 13.0. The molecule has 0 spiro atoms. The quantitative estimate of drug-likeness (QED) is 0.884. The molecule has 0 unspecified atom stereocenters. The van der Waals surface area contributed by atoms with Crippen molar-refractivity contribution in [3.63, 3.8) is 0 Å². The van der Waals surface area contributed by atoms with Gasteiger partial charge in [-0.05, 0) is 56.7 Å². The van der Waals surface area contributed by atoms with Gasteiger partial charge < -0.3 is 10.2 Å². The van der Waals surface area contributed by atoms with Gasteiger partial charge in [0, 0.05) is 30.9 Å². The average molecular weight is 365 g/mol. The van der Waals surface area contributed by atoms with Crippen molar-refractivity contribution in [3.05, 3.63) is 65.5 Å². The lowest BCUT2D eigenvalue weighted by molar-refractivity contribution is 0.0684. The third kappa shape index (κ3) is 5.16. The molecule has 27 heavy (non-hydrogen) atoms. The highest BCUT2D eigenvalue weighted by Gasteiger charge is 2.25. The topological polar surface area (TPSA) is 62.3 Å². The molecule has 0 saturated carbocycles. The van der Waals surface area contributed by atoms with Crippen molar-refractivity contribution in [1.29, 1.82) is 0 Å². The maximum Gasteiger partial charge on any atom is 0.272 e. The van der Waals surface area contributed by atoms with Gasteiger partial charge in [-0.1, -0.05) is 30.3 Å². The van der Waals surface area contributed by atoms with Crippen LogP contribution in [0.3, 0.4) is 0 Å². The van der Waals surface area contributed by atoms with Crippen LogP contribution in [0, 0.1) is 5.92 Å². The predicted molar refractivity (Wildman–Crippen MR) is 106 cm³/mol. The summed E-state index contributed by atoms with van der Waals surface area (Å²) in [6.45, 7) is 5.29. The van der Waals surface area contributed by atoms with Crippen molar-refractivity contribution in [2.75, 3.05) is 13.1 Å². The van der Waals surface area contributed by atoms with Crippen LogP contribution in [0.1, 0.15) is 53.1 Å². The normalized spacial score (nSPS) is 15.0. The summed E-state index contributed by atoms with van der Waals surface area (Å²) in [6, 6.07) is 13.8. The summed E-state index contributed by atoms with van der Waals surface area (Å²) in [5, 5.41) is 2.84. The molecule has 0 atom stereocenters. The number of hydrogen-bond donors (Lipinski definition) is 1. The monoisotopic (exact) mass is 365 g/mol. The molecule has 2 heterocycles. The first-order valence-corrected chi connectivity index (χ1v) is 9.63. The van der Waals surface area contributed by atoms with Gasteiger partial charge in [0.2, 0.25) is 0 Å². The molecule has 1 fully saturated rings. The highest BCUT2D eigenvalue weighted by molar-refractivity contribution is 5.98. The zero-order valence-electron chi connectivity index (χ0n) is 16.0. The fraction of sp³-hybridized carbons (Fsp3) is 0.409. The highest BCUT2D eigenvalue weighted by atomic mass is 16.2. The van der Waals surface area contributed by atoms with E-state index in [0.717, 1.165) is 32.4 Å². The smallest absolute Gasteiger partial charge is 0.272 e. The number of amides is 2. The lowest BCUT2D eigenvalue weighted by atomic mass is 9.90. The zero-order chi connectivity index (χ0) is 19.2. The molecular weight excluding hydrogens is 338 g/mol. The number of rotatable bonds is 5. The molecular formula is C22H27N3O2. The van der Waals surface area contributed by atoms with Crippen molar-refractivity contribution < 1.29 is 9.59 Å². The Hall–Kier alpha value is -2.69. The first-order valence-electron chi connectivity index (χ1n) is 9.63. The maximum atomic E-state index is 12.8. The molecule has 2 amide bonds. The van der Waals surface area contributed by atoms with E-state index in [4.69, 9.17) is 0 Å². The second kappa shape index (κ2) is 8.80. The van der Waals surface area contributed by atoms with Crippen LogP contribution in [-0.2, 0) is 6.42 Å². The predicted octanol–water partition coefficient (Wildman–Crippen LogP) is 3.31. The Bertz CT molecular complexity index is 781. The summed E-state index contributed by atoms with van der Waals surface area (Å²) in [4.78, 5) is 31.0. The van der Waals surface area contributed by atoms with Crippen molar-refractivity contribution in [2.24, 2.45) is 5.92 Å².